The van der Waals surface area contributed by atoms with Gasteiger partial charge >= 0.3 is 0 Å². The zero-order chi connectivity index (χ0) is 13.4. The van der Waals surface area contributed by atoms with Crippen molar-refractivity contribution in [2.75, 3.05) is 17.7 Å². The first kappa shape index (κ1) is 11.8. The molecule has 0 saturated heterocycles. The minimum Gasteiger partial charge on any atom is -0.481 e. The zero-order valence-electron chi connectivity index (χ0n) is 11.1. The second-order valence-corrected chi connectivity index (χ2v) is 4.74. The molecule has 98 valence electrons. The van der Waals surface area contributed by atoms with E-state index in [-0.39, 0.29) is 0 Å². The van der Waals surface area contributed by atoms with Crippen LogP contribution in [-0.2, 0) is 13.1 Å². The van der Waals surface area contributed by atoms with Crippen LogP contribution in [0.3, 0.4) is 0 Å². The van der Waals surface area contributed by atoms with Crippen molar-refractivity contribution in [1.29, 1.82) is 0 Å². The van der Waals surface area contributed by atoms with E-state index in [0.29, 0.717) is 11.8 Å². The van der Waals surface area contributed by atoms with E-state index in [1.165, 1.54) is 11.1 Å². The van der Waals surface area contributed by atoms with Gasteiger partial charge in [0.15, 0.2) is 0 Å². The Hall–Kier alpha value is -2.30. The lowest BCUT2D eigenvalue weighted by Crippen LogP contribution is -2.18. The number of fused-ring (bicyclic) bond motifs is 1. The Kier molecular flexibility index (Phi) is 2.74. The first-order valence-electron chi connectivity index (χ1n) is 6.17. The third-order valence-corrected chi connectivity index (χ3v) is 3.26. The second-order valence-electron chi connectivity index (χ2n) is 4.74. The maximum Gasteiger partial charge on any atom is 0.229 e. The Bertz CT molecular complexity index is 627. The fourth-order valence-electron chi connectivity index (χ4n) is 2.33. The van der Waals surface area contributed by atoms with E-state index in [9.17, 15) is 0 Å². The Morgan fingerprint density at radius 3 is 2.74 bits per heavy atom. The van der Waals surface area contributed by atoms with E-state index in [2.05, 4.69) is 20.9 Å². The van der Waals surface area contributed by atoms with Crippen LogP contribution in [0.1, 0.15) is 16.8 Å². The second kappa shape index (κ2) is 4.42. The molecule has 19 heavy (non-hydrogen) atoms. The topological polar surface area (TPSA) is 64.3 Å². The first-order valence-corrected chi connectivity index (χ1v) is 6.17. The van der Waals surface area contributed by atoms with Crippen LogP contribution in [0.15, 0.2) is 24.3 Å². The van der Waals surface area contributed by atoms with E-state index in [1.807, 2.05) is 25.1 Å². The minimum absolute atomic E-state index is 0.595. The van der Waals surface area contributed by atoms with E-state index < -0.39 is 0 Å². The van der Waals surface area contributed by atoms with Crippen molar-refractivity contribution in [2.45, 2.75) is 20.0 Å². The van der Waals surface area contributed by atoms with Crippen LogP contribution in [0, 0.1) is 6.92 Å². The summed E-state index contributed by atoms with van der Waals surface area (Å²) < 4.78 is 5.19. The van der Waals surface area contributed by atoms with Crippen LogP contribution < -0.4 is 15.4 Å². The number of aromatic nitrogens is 2. The number of benzene rings is 1. The maximum atomic E-state index is 5.81. The van der Waals surface area contributed by atoms with E-state index in [4.69, 9.17) is 10.5 Å². The van der Waals surface area contributed by atoms with Gasteiger partial charge in [-0.3, -0.25) is 0 Å². The molecule has 0 unspecified atom stereocenters. The Balaban J connectivity index is 1.92. The van der Waals surface area contributed by atoms with Gasteiger partial charge in [-0.1, -0.05) is 6.07 Å². The number of aryl methyl sites for hydroxylation is 1. The number of nitrogens with zero attached hydrogens (tertiary/aromatic N) is 3. The molecule has 2 aromatic rings. The largest absolute Gasteiger partial charge is 0.481 e. The van der Waals surface area contributed by atoms with Gasteiger partial charge in [0, 0.05) is 30.5 Å². The molecule has 2 heterocycles. The zero-order valence-corrected chi connectivity index (χ0v) is 11.1. The van der Waals surface area contributed by atoms with Crippen molar-refractivity contribution < 1.29 is 4.74 Å². The summed E-state index contributed by atoms with van der Waals surface area (Å²) >= 11 is 0. The normalized spacial score (nSPS) is 13.5. The van der Waals surface area contributed by atoms with Crippen LogP contribution in [0.4, 0.5) is 11.6 Å². The number of hydrogen-bond donors (Lipinski definition) is 1. The number of anilines is 2. The van der Waals surface area contributed by atoms with E-state index in [1.54, 1.807) is 7.11 Å². The molecule has 0 amide bonds. The molecule has 1 aromatic carbocycles. The maximum absolute atomic E-state index is 5.81. The van der Waals surface area contributed by atoms with Crippen molar-refractivity contribution >= 4 is 11.6 Å². The Labute approximate surface area is 112 Å². The molecule has 2 N–H and O–H groups in total. The number of nitrogen functional groups attached to an aromatic ring is 1. The summed E-state index contributed by atoms with van der Waals surface area (Å²) in [6.07, 6.45) is 0. The molecule has 0 bridgehead atoms. The number of rotatable bonds is 2. The first-order chi connectivity index (χ1) is 9.15. The molecule has 1 aliphatic heterocycles. The fraction of sp³-hybridized carbons (Fsp3) is 0.286. The van der Waals surface area contributed by atoms with Crippen molar-refractivity contribution in [3.63, 3.8) is 0 Å². The van der Waals surface area contributed by atoms with Gasteiger partial charge in [-0.2, -0.15) is 4.98 Å². The summed E-state index contributed by atoms with van der Waals surface area (Å²) in [7, 11) is 1.62. The summed E-state index contributed by atoms with van der Waals surface area (Å²) in [4.78, 5) is 11.0. The lowest BCUT2D eigenvalue weighted by molar-refractivity contribution is 0.396. The third-order valence-electron chi connectivity index (χ3n) is 3.26. The minimum atomic E-state index is 0.595. The molecule has 1 aromatic heterocycles. The molecule has 1 aliphatic rings. The molecule has 0 fully saturated rings. The Morgan fingerprint density at radius 1 is 1.16 bits per heavy atom. The van der Waals surface area contributed by atoms with Gasteiger partial charge in [0.1, 0.15) is 0 Å². The van der Waals surface area contributed by atoms with Crippen molar-refractivity contribution in [3.05, 3.63) is 41.1 Å². The van der Waals surface area contributed by atoms with Crippen LogP contribution in [0.25, 0.3) is 0 Å². The summed E-state index contributed by atoms with van der Waals surface area (Å²) in [6, 6.07) is 7.84. The third kappa shape index (κ3) is 2.19. The molecule has 0 aliphatic carbocycles. The summed E-state index contributed by atoms with van der Waals surface area (Å²) in [5.74, 6) is 1.30. The van der Waals surface area contributed by atoms with E-state index >= 15 is 0 Å². The van der Waals surface area contributed by atoms with Crippen molar-refractivity contribution in [2.24, 2.45) is 0 Å². The molecule has 5 heteroatoms. The number of hydrogen-bond acceptors (Lipinski definition) is 5. The lowest BCUT2D eigenvalue weighted by atomic mass is 10.1. The highest BCUT2D eigenvalue weighted by Crippen LogP contribution is 2.28. The number of methoxy groups -OCH3 is 1. The highest BCUT2D eigenvalue weighted by Gasteiger charge is 2.21. The van der Waals surface area contributed by atoms with E-state index in [0.717, 1.165) is 24.5 Å². The molecule has 5 nitrogen and oxygen atoms in total. The smallest absolute Gasteiger partial charge is 0.229 e. The van der Waals surface area contributed by atoms with Crippen LogP contribution in [-0.4, -0.2) is 17.1 Å². The summed E-state index contributed by atoms with van der Waals surface area (Å²) in [5.41, 5.74) is 10.0. The summed E-state index contributed by atoms with van der Waals surface area (Å²) in [6.45, 7) is 3.53. The average molecular weight is 256 g/mol. The number of ether oxygens (including phenoxy) is 1. The molecule has 0 radical (unpaired) electrons. The van der Waals surface area contributed by atoms with Gasteiger partial charge < -0.3 is 15.4 Å². The monoisotopic (exact) mass is 256 g/mol. The number of nitrogens with two attached hydrogens (primary N) is 1. The lowest BCUT2D eigenvalue weighted by Gasteiger charge is -2.16. The highest BCUT2D eigenvalue weighted by atomic mass is 16.5. The molecule has 0 spiro atoms. The van der Waals surface area contributed by atoms with Gasteiger partial charge in [-0.25, -0.2) is 4.98 Å². The van der Waals surface area contributed by atoms with Crippen LogP contribution >= 0.6 is 0 Å². The van der Waals surface area contributed by atoms with Gasteiger partial charge in [-0.15, -0.1) is 0 Å². The summed E-state index contributed by atoms with van der Waals surface area (Å²) in [5, 5.41) is 0. The molecule has 0 saturated carbocycles. The van der Waals surface area contributed by atoms with Crippen molar-refractivity contribution in [1.82, 2.24) is 9.97 Å². The van der Waals surface area contributed by atoms with Gasteiger partial charge in [0.25, 0.3) is 0 Å². The molecular weight excluding hydrogens is 240 g/mol. The predicted molar refractivity (Wildman–Crippen MR) is 74.1 cm³/mol. The van der Waals surface area contributed by atoms with Crippen LogP contribution in [0.2, 0.25) is 0 Å². The van der Waals surface area contributed by atoms with Gasteiger partial charge in [-0.05, 0) is 30.2 Å². The molecular formula is C14H16N4O. The van der Waals surface area contributed by atoms with Gasteiger partial charge in [0.2, 0.25) is 11.8 Å². The Morgan fingerprint density at radius 2 is 1.95 bits per heavy atom. The predicted octanol–water partition coefficient (Wildman–Crippen LogP) is 1.90. The quantitative estimate of drug-likeness (QED) is 0.831. The molecule has 0 atom stereocenters. The standard InChI is InChI=1S/C14H16N4O/c1-9-5-13(19-2)17-14(16-9)18-7-10-3-4-12(15)6-11(10)8-18/h3-6H,7-8,15H2,1-2H3. The van der Waals surface area contributed by atoms with Crippen molar-refractivity contribution in [3.8, 4) is 5.88 Å². The molecule has 3 rings (SSSR count). The SMILES string of the molecule is COc1cc(C)nc(N2Cc3ccc(N)cc3C2)n1. The fourth-order valence-corrected chi connectivity index (χ4v) is 2.33. The highest BCUT2D eigenvalue weighted by molar-refractivity contribution is 5.51. The van der Waals surface area contributed by atoms with Crippen LogP contribution in [0.5, 0.6) is 5.88 Å². The van der Waals surface area contributed by atoms with Gasteiger partial charge in [0.05, 0.1) is 7.11 Å². The average Bonchev–Trinajstić information content (AvgIpc) is 2.80.